The van der Waals surface area contributed by atoms with E-state index in [1.165, 1.54) is 0 Å². The van der Waals surface area contributed by atoms with Crippen molar-refractivity contribution < 1.29 is 0 Å². The third-order valence-electron chi connectivity index (χ3n) is 1.33. The highest BCUT2D eigenvalue weighted by atomic mass is 35.5. The fourth-order valence-electron chi connectivity index (χ4n) is 0.752. The monoisotopic (exact) mass is 146 g/mol. The second kappa shape index (κ2) is 3.16. The van der Waals surface area contributed by atoms with Gasteiger partial charge < -0.3 is 0 Å². The standard InChI is InChI=1S/C7H5B2Cl/c8-4-5-1-2-6(10)3-7(5)9/h1-3H,4H2. The van der Waals surface area contributed by atoms with Crippen molar-refractivity contribution in [1.29, 1.82) is 0 Å². The van der Waals surface area contributed by atoms with Crippen molar-refractivity contribution in [3.8, 4) is 0 Å². The van der Waals surface area contributed by atoms with Crippen molar-refractivity contribution in [3.63, 3.8) is 0 Å². The van der Waals surface area contributed by atoms with Crippen molar-refractivity contribution in [2.24, 2.45) is 0 Å². The second-order valence-electron chi connectivity index (χ2n) is 2.05. The Labute approximate surface area is 68.4 Å². The maximum Gasteiger partial charge on any atom is 0.114 e. The fraction of sp³-hybridized carbons (Fsp3) is 0.143. The van der Waals surface area contributed by atoms with E-state index in [0.29, 0.717) is 16.8 Å². The fourth-order valence-corrected chi connectivity index (χ4v) is 0.932. The Bertz CT molecular complexity index is 235. The molecule has 0 aromatic heterocycles. The molecule has 3 heteroatoms. The van der Waals surface area contributed by atoms with E-state index in [1.807, 2.05) is 6.07 Å². The zero-order chi connectivity index (χ0) is 7.56. The lowest BCUT2D eigenvalue weighted by atomic mass is 9.84. The topological polar surface area (TPSA) is 0 Å². The molecule has 46 valence electrons. The summed E-state index contributed by atoms with van der Waals surface area (Å²) >= 11 is 5.65. The molecule has 0 fully saturated rings. The normalized spacial score (nSPS) is 9.70. The summed E-state index contributed by atoms with van der Waals surface area (Å²) in [6, 6.07) is 5.31. The van der Waals surface area contributed by atoms with Gasteiger partial charge in [0.05, 0.1) is 7.85 Å². The van der Waals surface area contributed by atoms with Gasteiger partial charge in [-0.15, -0.1) is 0 Å². The third-order valence-corrected chi connectivity index (χ3v) is 1.56. The highest BCUT2D eigenvalue weighted by Crippen LogP contribution is 2.06. The van der Waals surface area contributed by atoms with E-state index in [9.17, 15) is 0 Å². The molecule has 0 saturated heterocycles. The molecule has 0 aliphatic carbocycles. The lowest BCUT2D eigenvalue weighted by Crippen LogP contribution is -2.09. The largest absolute Gasteiger partial charge is 0.114 e. The van der Waals surface area contributed by atoms with Gasteiger partial charge in [-0.3, -0.25) is 0 Å². The zero-order valence-electron chi connectivity index (χ0n) is 5.47. The van der Waals surface area contributed by atoms with Crippen LogP contribution in [-0.2, 0) is 6.32 Å². The zero-order valence-corrected chi connectivity index (χ0v) is 6.23. The first-order chi connectivity index (χ1) is 4.74. The molecule has 0 atom stereocenters. The van der Waals surface area contributed by atoms with Crippen LogP contribution in [0.1, 0.15) is 5.56 Å². The Hall–Kier alpha value is -0.360. The van der Waals surface area contributed by atoms with Crippen LogP contribution in [0.2, 0.25) is 5.02 Å². The third kappa shape index (κ3) is 1.57. The van der Waals surface area contributed by atoms with Crippen LogP contribution in [0.5, 0.6) is 0 Å². The van der Waals surface area contributed by atoms with Gasteiger partial charge in [0, 0.05) is 5.02 Å². The molecule has 1 aromatic carbocycles. The van der Waals surface area contributed by atoms with Crippen LogP contribution in [0.25, 0.3) is 0 Å². The van der Waals surface area contributed by atoms with E-state index in [0.717, 1.165) is 5.56 Å². The first-order valence-electron chi connectivity index (χ1n) is 2.98. The summed E-state index contributed by atoms with van der Waals surface area (Å²) in [4.78, 5) is 0. The molecule has 1 rings (SSSR count). The summed E-state index contributed by atoms with van der Waals surface area (Å²) in [6.45, 7) is 0. The van der Waals surface area contributed by atoms with Crippen molar-refractivity contribution >= 4 is 32.8 Å². The van der Waals surface area contributed by atoms with Crippen LogP contribution < -0.4 is 5.46 Å². The predicted octanol–water partition coefficient (Wildman–Crippen LogP) is 0.802. The van der Waals surface area contributed by atoms with Crippen LogP contribution in [-0.4, -0.2) is 15.7 Å². The van der Waals surface area contributed by atoms with Gasteiger partial charge in [-0.1, -0.05) is 41.1 Å². The Kier molecular flexibility index (Phi) is 2.44. The van der Waals surface area contributed by atoms with E-state index in [2.05, 4.69) is 0 Å². The van der Waals surface area contributed by atoms with Crippen LogP contribution >= 0.6 is 11.6 Å². The maximum atomic E-state index is 5.65. The van der Waals surface area contributed by atoms with Crippen molar-refractivity contribution in [1.82, 2.24) is 0 Å². The van der Waals surface area contributed by atoms with E-state index < -0.39 is 0 Å². The first-order valence-corrected chi connectivity index (χ1v) is 3.36. The number of rotatable bonds is 1. The van der Waals surface area contributed by atoms with Crippen LogP contribution in [0.4, 0.5) is 0 Å². The van der Waals surface area contributed by atoms with Gasteiger partial charge in [0.2, 0.25) is 0 Å². The highest BCUT2D eigenvalue weighted by molar-refractivity contribution is 6.37. The van der Waals surface area contributed by atoms with E-state index >= 15 is 0 Å². The summed E-state index contributed by atoms with van der Waals surface area (Å²) in [5.74, 6) is 0. The van der Waals surface area contributed by atoms with Crippen molar-refractivity contribution in [3.05, 3.63) is 28.8 Å². The van der Waals surface area contributed by atoms with E-state index in [4.69, 9.17) is 27.3 Å². The lowest BCUT2D eigenvalue weighted by molar-refractivity contribution is 1.44. The van der Waals surface area contributed by atoms with Gasteiger partial charge in [-0.2, -0.15) is 0 Å². The van der Waals surface area contributed by atoms with Gasteiger partial charge in [0.25, 0.3) is 0 Å². The number of hydrogen-bond acceptors (Lipinski definition) is 0. The minimum absolute atomic E-state index is 0.461. The summed E-state index contributed by atoms with van der Waals surface area (Å²) in [5, 5.41) is 0.648. The van der Waals surface area contributed by atoms with E-state index in [1.54, 1.807) is 12.1 Å². The Morgan fingerprint density at radius 1 is 1.40 bits per heavy atom. The Morgan fingerprint density at radius 3 is 2.60 bits per heavy atom. The molecule has 0 nitrogen and oxygen atoms in total. The van der Waals surface area contributed by atoms with Crippen LogP contribution in [0.3, 0.4) is 0 Å². The van der Waals surface area contributed by atoms with Crippen LogP contribution in [0.15, 0.2) is 18.2 Å². The average molecular weight is 146 g/mol. The van der Waals surface area contributed by atoms with Crippen molar-refractivity contribution in [2.75, 3.05) is 0 Å². The molecule has 0 unspecified atom stereocenters. The predicted molar refractivity (Wildman–Crippen MR) is 46.3 cm³/mol. The molecule has 10 heavy (non-hydrogen) atoms. The Balaban J connectivity index is 3.07. The molecule has 0 heterocycles. The molecule has 4 radical (unpaired) electrons. The van der Waals surface area contributed by atoms with Gasteiger partial charge in [-0.25, -0.2) is 0 Å². The minimum atomic E-state index is 0.461. The SMILES string of the molecule is [B]Cc1ccc(Cl)cc1[B]. The maximum absolute atomic E-state index is 5.65. The summed E-state index contributed by atoms with van der Waals surface area (Å²) in [7, 11) is 10.9. The van der Waals surface area contributed by atoms with Crippen LogP contribution in [0, 0.1) is 0 Å². The Morgan fingerprint density at radius 2 is 2.10 bits per heavy atom. The summed E-state index contributed by atoms with van der Waals surface area (Å²) in [5.41, 5.74) is 1.60. The van der Waals surface area contributed by atoms with Gasteiger partial charge in [0.15, 0.2) is 0 Å². The average Bonchev–Trinajstić information content (AvgIpc) is 1.88. The molecule has 0 aliphatic rings. The molecule has 0 aliphatic heterocycles. The molecule has 0 N–H and O–H groups in total. The van der Waals surface area contributed by atoms with Gasteiger partial charge in [0.1, 0.15) is 7.85 Å². The highest BCUT2D eigenvalue weighted by Gasteiger charge is 1.93. The number of benzene rings is 1. The molecule has 0 saturated carbocycles. The molecular weight excluding hydrogens is 141 g/mol. The van der Waals surface area contributed by atoms with Crippen molar-refractivity contribution in [2.45, 2.75) is 6.32 Å². The number of halogens is 1. The van der Waals surface area contributed by atoms with E-state index in [-0.39, 0.29) is 0 Å². The first kappa shape index (κ1) is 7.74. The molecule has 1 aromatic rings. The second-order valence-corrected chi connectivity index (χ2v) is 2.48. The molecule has 0 amide bonds. The van der Waals surface area contributed by atoms with Gasteiger partial charge >= 0.3 is 0 Å². The summed E-state index contributed by atoms with van der Waals surface area (Å²) in [6.07, 6.45) is 0.461. The quantitative estimate of drug-likeness (QED) is 0.514. The molecule has 0 spiro atoms. The smallest absolute Gasteiger partial charge is 0.0928 e. The van der Waals surface area contributed by atoms with Gasteiger partial charge in [-0.05, 0) is 6.07 Å². The lowest BCUT2D eigenvalue weighted by Gasteiger charge is -2.01. The summed E-state index contributed by atoms with van der Waals surface area (Å²) < 4.78 is 0. The number of hydrogen-bond donors (Lipinski definition) is 0. The molecular formula is C7H5B2Cl. The molecule has 0 bridgehead atoms. The minimum Gasteiger partial charge on any atom is -0.0928 e.